The number of carboxylic acids is 1. The lowest BCUT2D eigenvalue weighted by Gasteiger charge is -2.48. The first-order chi connectivity index (χ1) is 58.0. The van der Waals surface area contributed by atoms with Crippen LogP contribution in [0.25, 0.3) is 11.1 Å². The largest absolute Gasteiger partial charge is 0.508 e. The van der Waals surface area contributed by atoms with Gasteiger partial charge >= 0.3 is 5.97 Å². The molecule has 36 nitrogen and oxygen atoms in total. The number of benzene rings is 6. The van der Waals surface area contributed by atoms with E-state index in [1.54, 1.807) is 0 Å². The molecule has 2 fully saturated rings. The Labute approximate surface area is 710 Å². The average Bonchev–Trinajstić information content (AvgIpc) is 0.764. The van der Waals surface area contributed by atoms with Crippen molar-refractivity contribution in [3.05, 3.63) is 147 Å². The van der Waals surface area contributed by atoms with Crippen molar-refractivity contribution in [2.24, 2.45) is 11.7 Å². The first kappa shape index (κ1) is 92.0. The summed E-state index contributed by atoms with van der Waals surface area (Å²) in [5.74, 6) is -16.2. The van der Waals surface area contributed by atoms with Crippen LogP contribution >= 0.6 is 23.2 Å². The number of carbonyl (C=O) groups excluding carboxylic acids is 8. The lowest BCUT2D eigenvalue weighted by atomic mass is 9.85. The van der Waals surface area contributed by atoms with Crippen molar-refractivity contribution >= 4 is 76.4 Å². The Morgan fingerprint density at radius 2 is 1.30 bits per heavy atom. The van der Waals surface area contributed by atoms with Crippen LogP contribution in [0, 0.1) is 5.92 Å². The highest BCUT2D eigenvalue weighted by Crippen LogP contribution is 2.50. The Morgan fingerprint density at radius 3 is 1.93 bits per heavy atom. The van der Waals surface area contributed by atoms with E-state index in [0.717, 1.165) is 98.0 Å². The third-order valence-electron chi connectivity index (χ3n) is 21.9. The van der Waals surface area contributed by atoms with Gasteiger partial charge in [0.2, 0.25) is 59.3 Å². The molecule has 0 aliphatic carbocycles. The SMILES string of the molecule is CCCCCCCCOc1ccc([C@@H](C)NCC(=O)N[C@@]2(C)C[C@H](O[C@H]3[C@H](Oc4c5cc6cc4Oc4ccc(cc4Cl)[C@@H](O)[C@@H](NC(=O)[C@@H](CC(C)C)NC)C(=O)N[C@@H](CC(N)=O)C(=O)N[C@H]6C(=O)N[C@H]4C(=O)N[C@H](C(=O)N[C@H](C(=O)O)c6cc(O)cc(O)c6-c6cc4ccc6O)[C@H](O)c4ccc(c(Cl)c4)O5)O[C@H](CO)[C@@H](O)[C@@H]3O)O[C@@H](C)[C@H]2O)cc1. The van der Waals surface area contributed by atoms with Crippen LogP contribution in [-0.2, 0) is 57.4 Å². The van der Waals surface area contributed by atoms with Gasteiger partial charge in [-0.05, 0) is 141 Å². The van der Waals surface area contributed by atoms with Crippen LogP contribution in [0.3, 0.4) is 0 Å². The third kappa shape index (κ3) is 21.5. The van der Waals surface area contributed by atoms with Crippen LogP contribution in [0.2, 0.25) is 10.0 Å². The van der Waals surface area contributed by atoms with E-state index in [1.807, 2.05) is 45.0 Å². The highest BCUT2D eigenvalue weighted by atomic mass is 35.5. The first-order valence-corrected chi connectivity index (χ1v) is 40.7. The van der Waals surface area contributed by atoms with Crippen molar-refractivity contribution in [1.29, 1.82) is 0 Å². The minimum absolute atomic E-state index is 0.116. The van der Waals surface area contributed by atoms with Crippen LogP contribution in [0.5, 0.6) is 51.7 Å². The number of aliphatic hydroxyl groups excluding tert-OH is 6. The summed E-state index contributed by atoms with van der Waals surface area (Å²) in [5, 5.41) is 139. The molecule has 11 bridgehead atoms. The molecule has 38 heteroatoms. The first-order valence-electron chi connectivity index (χ1n) is 39.9. The van der Waals surface area contributed by atoms with E-state index in [1.165, 1.54) is 45.9 Å². The molecule has 7 aliphatic rings. The Balaban J connectivity index is 1.05. The molecule has 7 heterocycles. The number of phenols is 3. The van der Waals surface area contributed by atoms with E-state index < -0.39 is 243 Å². The number of aliphatic hydroxyl groups is 6. The van der Waals surface area contributed by atoms with Crippen molar-refractivity contribution in [3.63, 3.8) is 0 Å². The number of likely N-dealkylation sites (N-methyl/N-ethyl adjacent to an activating group) is 1. The predicted octanol–water partition coefficient (Wildman–Crippen LogP) is 4.35. The zero-order chi connectivity index (χ0) is 88.5. The van der Waals surface area contributed by atoms with E-state index in [4.69, 9.17) is 62.1 Å². The Kier molecular flexibility index (Phi) is 30.2. The summed E-state index contributed by atoms with van der Waals surface area (Å²) in [7, 11) is 1.47. The molecular formula is C84H102Cl2N10O26. The molecule has 21 N–H and O–H groups in total. The zero-order valence-electron chi connectivity index (χ0n) is 67.6. The van der Waals surface area contributed by atoms with Crippen molar-refractivity contribution in [2.45, 2.75) is 215 Å². The summed E-state index contributed by atoms with van der Waals surface area (Å²) in [6.45, 7) is 9.96. The normalized spacial score (nSPS) is 26.6. The van der Waals surface area contributed by atoms with Gasteiger partial charge in [0.25, 0.3) is 0 Å². The van der Waals surface area contributed by atoms with Gasteiger partial charge in [0, 0.05) is 35.2 Å². The van der Waals surface area contributed by atoms with E-state index in [2.05, 4.69) is 54.8 Å². The number of aliphatic carboxylic acids is 1. The number of nitrogens with one attached hydrogen (secondary N) is 9. The van der Waals surface area contributed by atoms with Gasteiger partial charge in [-0.1, -0.05) is 106 Å². The third-order valence-corrected chi connectivity index (χ3v) is 22.5. The van der Waals surface area contributed by atoms with Gasteiger partial charge in [0.1, 0.15) is 101 Å². The van der Waals surface area contributed by atoms with Crippen LogP contribution < -0.4 is 72.5 Å². The minimum Gasteiger partial charge on any atom is -0.508 e. The van der Waals surface area contributed by atoms with Crippen molar-refractivity contribution in [3.8, 4) is 62.9 Å². The second-order valence-electron chi connectivity index (χ2n) is 31.5. The number of carboxylic acid groups (broad SMARTS) is 1. The number of rotatable bonds is 26. The van der Waals surface area contributed by atoms with Gasteiger partial charge in [0.05, 0.1) is 53.9 Å². The average molecular weight is 1740 g/mol. The second-order valence-corrected chi connectivity index (χ2v) is 32.3. The predicted molar refractivity (Wildman–Crippen MR) is 435 cm³/mol. The van der Waals surface area contributed by atoms with Gasteiger partial charge in [-0.15, -0.1) is 0 Å². The summed E-state index contributed by atoms with van der Waals surface area (Å²) < 4.78 is 45.3. The standard InChI is InChI=1S/C84H102Cl2N10O26/c1-8-9-10-11-12-13-24-116-46-19-14-40(15-20-46)38(4)89-35-61(102)96-84(6)34-62(117-39(5)75(84)107)121-74-72(106)71(105)59(36-97)120-83(74)122-73-57-29-44-30-58(73)119-56-23-18-43(28-50(56)86)70(104)68-81(113)93-66(82(114)115)48-31-45(98)32-54(100)63(48)47-26-41(16-21-53(47)99)64(78(110)95-68)92-79(111)65(44)91-77(109)52(33-60(87)101)90-80(112)67(94-76(108)51(88-7)25-37(2)3)69(103)42-17-22-55(118-57)49(85)27-42/h14-23,26-32,37-39,51-52,59,62,64-72,74-75,83,88-89,97-100,103-107H,8-13,24-25,33-36H2,1-7H3,(H2,87,101)(H,90,112)(H,91,109)(H,92,111)(H,93,113)(H,94,108)(H,95,110)(H,96,102)(H,114,115)/t38-,39+,51-,52+,59-,62+,64-,65-,66+,67-,68+,69-,70-,71-,72+,74-,75-,83+,84+/m1/s1. The van der Waals surface area contributed by atoms with E-state index >= 15 is 14.4 Å². The number of hydrogen-bond acceptors (Lipinski definition) is 27. The Morgan fingerprint density at radius 1 is 0.680 bits per heavy atom. The topological polar surface area (TPSA) is 555 Å². The summed E-state index contributed by atoms with van der Waals surface area (Å²) in [4.78, 5) is 132. The number of aromatic hydroxyl groups is 3. The van der Waals surface area contributed by atoms with Gasteiger partial charge in [0.15, 0.2) is 29.9 Å². The van der Waals surface area contributed by atoms with Gasteiger partial charge < -0.3 is 138 Å². The number of hydrogen-bond donors (Lipinski definition) is 20. The molecule has 0 saturated carbocycles. The monoisotopic (exact) mass is 1740 g/mol. The molecular weight excluding hydrogens is 1640 g/mol. The quantitative estimate of drug-likeness (QED) is 0.0336. The maximum atomic E-state index is 16.2. The maximum Gasteiger partial charge on any atom is 0.330 e. The molecule has 658 valence electrons. The van der Waals surface area contributed by atoms with Gasteiger partial charge in [-0.2, -0.15) is 0 Å². The number of phenolic OH excluding ortho intramolecular Hbond substituents is 3. The number of primary amides is 1. The number of ether oxygens (including phenoxy) is 7. The smallest absolute Gasteiger partial charge is 0.330 e. The fourth-order valence-corrected chi connectivity index (χ4v) is 15.7. The number of nitrogens with two attached hydrogens (primary N) is 1. The molecule has 0 spiro atoms. The fraction of sp³-hybridized carbons (Fsp3) is 0.464. The summed E-state index contributed by atoms with van der Waals surface area (Å²) in [6, 6.07) is 6.17. The number of halogens is 2. The van der Waals surface area contributed by atoms with E-state index in [-0.39, 0.29) is 58.8 Å². The van der Waals surface area contributed by atoms with Gasteiger partial charge in [-0.3, -0.25) is 38.4 Å². The van der Waals surface area contributed by atoms with Crippen LogP contribution in [0.1, 0.15) is 169 Å². The van der Waals surface area contributed by atoms with E-state index in [0.29, 0.717) is 12.4 Å². The molecule has 6 aromatic rings. The summed E-state index contributed by atoms with van der Waals surface area (Å²) in [6.07, 6.45) is -13.1. The highest BCUT2D eigenvalue weighted by Gasteiger charge is 2.53. The van der Waals surface area contributed by atoms with E-state index in [9.17, 15) is 79.8 Å². The molecule has 19 atom stereocenters. The molecule has 7 aliphatic heterocycles. The summed E-state index contributed by atoms with van der Waals surface area (Å²) in [5.41, 5.74) is 2.09. The molecule has 8 amide bonds. The van der Waals surface area contributed by atoms with Gasteiger partial charge in [-0.25, -0.2) is 4.79 Å². The van der Waals surface area contributed by atoms with Crippen LogP contribution in [0.15, 0.2) is 103 Å². The Hall–Kier alpha value is -10.7. The summed E-state index contributed by atoms with van der Waals surface area (Å²) >= 11 is 14.3. The number of amides is 8. The Bertz CT molecular complexity index is 4860. The van der Waals surface area contributed by atoms with Crippen molar-refractivity contribution < 1.29 is 127 Å². The van der Waals surface area contributed by atoms with Crippen LogP contribution in [0.4, 0.5) is 0 Å². The highest BCUT2D eigenvalue weighted by molar-refractivity contribution is 6.32. The minimum atomic E-state index is -2.39. The zero-order valence-corrected chi connectivity index (χ0v) is 69.1. The van der Waals surface area contributed by atoms with Crippen molar-refractivity contribution in [2.75, 3.05) is 26.8 Å². The molecule has 13 rings (SSSR count). The fourth-order valence-electron chi connectivity index (χ4n) is 15.2. The molecule has 6 aromatic carbocycles. The number of unbranched alkanes of at least 4 members (excludes halogenated alkanes) is 5. The van der Waals surface area contributed by atoms with Crippen molar-refractivity contribution in [1.82, 2.24) is 47.9 Å². The maximum absolute atomic E-state index is 16.2. The molecule has 2 saturated heterocycles. The lowest BCUT2D eigenvalue weighted by Crippen LogP contribution is -2.66. The molecule has 122 heavy (non-hydrogen) atoms. The van der Waals surface area contributed by atoms with Crippen LogP contribution in [-0.4, -0.2) is 210 Å². The lowest BCUT2D eigenvalue weighted by molar-refractivity contribution is -0.334. The second kappa shape index (κ2) is 40.1. The molecule has 0 aromatic heterocycles. The molecule has 0 radical (unpaired) electrons. The number of fused-ring (bicyclic) bond motifs is 15. The molecule has 0 unspecified atom stereocenters. The number of carbonyl (C=O) groups is 9.